The summed E-state index contributed by atoms with van der Waals surface area (Å²) in [5.74, 6) is 2.41. The van der Waals surface area contributed by atoms with Gasteiger partial charge in [-0.3, -0.25) is 0 Å². The SMILES string of the molecule is CCNC(=NCc1cc(C(C)C)no1)NCC(O)COCC1CC1.I. The van der Waals surface area contributed by atoms with Crippen LogP contribution in [0, 0.1) is 5.92 Å². The van der Waals surface area contributed by atoms with Crippen LogP contribution in [-0.2, 0) is 11.3 Å². The first-order valence-electron chi connectivity index (χ1n) is 8.82. The first kappa shape index (κ1) is 22.2. The van der Waals surface area contributed by atoms with Gasteiger partial charge in [-0.1, -0.05) is 19.0 Å². The number of nitrogens with zero attached hydrogens (tertiary/aromatic N) is 2. The number of aromatic nitrogens is 1. The van der Waals surface area contributed by atoms with E-state index < -0.39 is 6.10 Å². The van der Waals surface area contributed by atoms with Crippen molar-refractivity contribution in [3.05, 3.63) is 17.5 Å². The lowest BCUT2D eigenvalue weighted by Gasteiger charge is -2.15. The number of guanidine groups is 1. The van der Waals surface area contributed by atoms with Crippen LogP contribution in [0.2, 0.25) is 0 Å². The van der Waals surface area contributed by atoms with E-state index in [2.05, 4.69) is 34.6 Å². The van der Waals surface area contributed by atoms with E-state index in [1.807, 2.05) is 13.0 Å². The predicted molar refractivity (Wildman–Crippen MR) is 108 cm³/mol. The van der Waals surface area contributed by atoms with Gasteiger partial charge in [-0.2, -0.15) is 0 Å². The molecule has 1 aromatic rings. The molecular formula is C17H31IN4O3. The van der Waals surface area contributed by atoms with Gasteiger partial charge < -0.3 is 25.0 Å². The minimum Gasteiger partial charge on any atom is -0.389 e. The lowest BCUT2D eigenvalue weighted by molar-refractivity contribution is 0.0345. The molecule has 1 fully saturated rings. The van der Waals surface area contributed by atoms with Gasteiger partial charge in [0.15, 0.2) is 11.7 Å². The number of aliphatic hydroxyl groups excluding tert-OH is 1. The lowest BCUT2D eigenvalue weighted by Crippen LogP contribution is -2.42. The summed E-state index contributed by atoms with van der Waals surface area (Å²) in [6, 6.07) is 1.93. The highest BCUT2D eigenvalue weighted by Crippen LogP contribution is 2.28. The lowest BCUT2D eigenvalue weighted by atomic mass is 10.1. The molecular weight excluding hydrogens is 435 g/mol. The molecule has 0 saturated heterocycles. The van der Waals surface area contributed by atoms with E-state index in [9.17, 15) is 5.11 Å². The van der Waals surface area contributed by atoms with Gasteiger partial charge in [-0.15, -0.1) is 24.0 Å². The molecule has 0 aliphatic heterocycles. The van der Waals surface area contributed by atoms with Crippen LogP contribution in [0.25, 0.3) is 0 Å². The molecule has 25 heavy (non-hydrogen) atoms. The van der Waals surface area contributed by atoms with E-state index in [1.54, 1.807) is 0 Å². The molecule has 0 bridgehead atoms. The number of hydrogen-bond acceptors (Lipinski definition) is 5. The standard InChI is InChI=1S/C17H30N4O3.HI/c1-4-18-17(19-8-14(22)11-23-10-13-5-6-13)20-9-15-7-16(12(2)3)21-24-15;/h7,12-14,22H,4-6,8-11H2,1-3H3,(H2,18,19,20);1H. The summed E-state index contributed by atoms with van der Waals surface area (Å²) >= 11 is 0. The highest BCUT2D eigenvalue weighted by molar-refractivity contribution is 14.0. The Hall–Kier alpha value is -0.870. The van der Waals surface area contributed by atoms with E-state index in [0.717, 1.165) is 24.6 Å². The maximum absolute atomic E-state index is 9.95. The summed E-state index contributed by atoms with van der Waals surface area (Å²) in [5.41, 5.74) is 0.932. The Kier molecular flexibility index (Phi) is 10.4. The van der Waals surface area contributed by atoms with Gasteiger partial charge in [-0.05, 0) is 31.6 Å². The Morgan fingerprint density at radius 3 is 2.80 bits per heavy atom. The number of hydrogen-bond donors (Lipinski definition) is 3. The monoisotopic (exact) mass is 466 g/mol. The summed E-state index contributed by atoms with van der Waals surface area (Å²) in [7, 11) is 0. The van der Waals surface area contributed by atoms with Gasteiger partial charge in [0, 0.05) is 25.8 Å². The van der Waals surface area contributed by atoms with E-state index in [1.165, 1.54) is 12.8 Å². The van der Waals surface area contributed by atoms with Gasteiger partial charge in [0.25, 0.3) is 0 Å². The van der Waals surface area contributed by atoms with Crippen molar-refractivity contribution in [1.29, 1.82) is 0 Å². The molecule has 0 aromatic carbocycles. The van der Waals surface area contributed by atoms with Crippen LogP contribution >= 0.6 is 24.0 Å². The molecule has 7 nitrogen and oxygen atoms in total. The van der Waals surface area contributed by atoms with Crippen LogP contribution in [0.1, 0.15) is 51.0 Å². The fourth-order valence-corrected chi connectivity index (χ4v) is 2.10. The zero-order valence-corrected chi connectivity index (χ0v) is 17.7. The van der Waals surface area contributed by atoms with Crippen molar-refractivity contribution in [2.45, 2.75) is 52.2 Å². The second kappa shape index (κ2) is 11.7. The van der Waals surface area contributed by atoms with Crippen LogP contribution in [0.15, 0.2) is 15.6 Å². The molecule has 0 radical (unpaired) electrons. The van der Waals surface area contributed by atoms with E-state index in [-0.39, 0.29) is 24.0 Å². The summed E-state index contributed by atoms with van der Waals surface area (Å²) in [5, 5.41) is 20.2. The molecule has 1 atom stereocenters. The second-order valence-corrected chi connectivity index (χ2v) is 6.58. The summed E-state index contributed by atoms with van der Waals surface area (Å²) in [4.78, 5) is 4.46. The Morgan fingerprint density at radius 1 is 1.44 bits per heavy atom. The predicted octanol–water partition coefficient (Wildman–Crippen LogP) is 2.26. The fraction of sp³-hybridized carbons (Fsp3) is 0.765. The number of aliphatic hydroxyl groups is 1. The van der Waals surface area contributed by atoms with Crippen molar-refractivity contribution in [3.63, 3.8) is 0 Å². The Bertz CT molecular complexity index is 518. The summed E-state index contributed by atoms with van der Waals surface area (Å²) in [6.07, 6.45) is 1.96. The quantitative estimate of drug-likeness (QED) is 0.279. The maximum Gasteiger partial charge on any atom is 0.191 e. The normalized spacial score (nSPS) is 15.8. The van der Waals surface area contributed by atoms with Crippen molar-refractivity contribution >= 4 is 29.9 Å². The van der Waals surface area contributed by atoms with E-state index in [0.29, 0.717) is 37.5 Å². The Balaban J connectivity index is 0.00000312. The van der Waals surface area contributed by atoms with Crippen molar-refractivity contribution in [2.75, 3.05) is 26.3 Å². The molecule has 2 rings (SSSR count). The van der Waals surface area contributed by atoms with Crippen molar-refractivity contribution in [3.8, 4) is 0 Å². The Morgan fingerprint density at radius 2 is 2.20 bits per heavy atom. The first-order valence-corrected chi connectivity index (χ1v) is 8.82. The third-order valence-electron chi connectivity index (χ3n) is 3.77. The number of rotatable bonds is 10. The minimum absolute atomic E-state index is 0. The van der Waals surface area contributed by atoms with E-state index in [4.69, 9.17) is 9.26 Å². The average Bonchev–Trinajstić information content (AvgIpc) is 3.24. The maximum atomic E-state index is 9.95. The zero-order valence-electron chi connectivity index (χ0n) is 15.3. The molecule has 1 heterocycles. The molecule has 1 aliphatic rings. The topological polar surface area (TPSA) is 91.9 Å². The van der Waals surface area contributed by atoms with Gasteiger partial charge >= 0.3 is 0 Å². The van der Waals surface area contributed by atoms with Gasteiger partial charge in [0.05, 0.1) is 18.4 Å². The number of aliphatic imine (C=N–C) groups is 1. The summed E-state index contributed by atoms with van der Waals surface area (Å²) in [6.45, 7) is 8.79. The largest absolute Gasteiger partial charge is 0.389 e. The molecule has 8 heteroatoms. The molecule has 1 aliphatic carbocycles. The minimum atomic E-state index is -0.551. The van der Waals surface area contributed by atoms with Crippen LogP contribution in [0.5, 0.6) is 0 Å². The smallest absolute Gasteiger partial charge is 0.191 e. The number of ether oxygens (including phenoxy) is 1. The Labute approximate surface area is 167 Å². The van der Waals surface area contributed by atoms with Crippen molar-refractivity contribution < 1.29 is 14.4 Å². The van der Waals surface area contributed by atoms with Crippen LogP contribution in [0.3, 0.4) is 0 Å². The van der Waals surface area contributed by atoms with Crippen LogP contribution in [0.4, 0.5) is 0 Å². The highest BCUT2D eigenvalue weighted by atomic mass is 127. The fourth-order valence-electron chi connectivity index (χ4n) is 2.10. The molecule has 1 saturated carbocycles. The third kappa shape index (κ3) is 8.87. The molecule has 1 aromatic heterocycles. The van der Waals surface area contributed by atoms with Gasteiger partial charge in [-0.25, -0.2) is 4.99 Å². The third-order valence-corrected chi connectivity index (χ3v) is 3.77. The number of halogens is 1. The molecule has 3 N–H and O–H groups in total. The van der Waals surface area contributed by atoms with Crippen LogP contribution < -0.4 is 10.6 Å². The molecule has 144 valence electrons. The van der Waals surface area contributed by atoms with Crippen molar-refractivity contribution in [1.82, 2.24) is 15.8 Å². The number of nitrogens with one attached hydrogen (secondary N) is 2. The van der Waals surface area contributed by atoms with E-state index >= 15 is 0 Å². The zero-order chi connectivity index (χ0) is 17.4. The first-order chi connectivity index (χ1) is 11.6. The highest BCUT2D eigenvalue weighted by Gasteiger charge is 2.21. The van der Waals surface area contributed by atoms with Crippen LogP contribution in [-0.4, -0.2) is 48.6 Å². The molecule has 1 unspecified atom stereocenters. The van der Waals surface area contributed by atoms with Gasteiger partial charge in [0.1, 0.15) is 6.54 Å². The second-order valence-electron chi connectivity index (χ2n) is 6.58. The summed E-state index contributed by atoms with van der Waals surface area (Å²) < 4.78 is 10.8. The molecule has 0 amide bonds. The molecule has 0 spiro atoms. The average molecular weight is 466 g/mol. The van der Waals surface area contributed by atoms with Gasteiger partial charge in [0.2, 0.25) is 0 Å². The van der Waals surface area contributed by atoms with Crippen molar-refractivity contribution in [2.24, 2.45) is 10.9 Å².